The highest BCUT2D eigenvalue weighted by atomic mass is 16.4. The van der Waals surface area contributed by atoms with Crippen molar-refractivity contribution < 1.29 is 9.90 Å². The molecule has 13 heavy (non-hydrogen) atoms. The summed E-state index contributed by atoms with van der Waals surface area (Å²) in [5, 5.41) is 8.86. The highest BCUT2D eigenvalue weighted by molar-refractivity contribution is 5.73. The molecule has 0 aliphatic heterocycles. The Bertz CT molecular complexity index is 189. The SMILES string of the molecule is C=C(CC)CN(C)C(CC)C(=O)O. The zero-order valence-corrected chi connectivity index (χ0v) is 8.71. The third-order valence-corrected chi connectivity index (χ3v) is 2.18. The molecule has 0 aliphatic carbocycles. The molecule has 0 aromatic carbocycles. The van der Waals surface area contributed by atoms with Gasteiger partial charge < -0.3 is 5.11 Å². The number of carboxylic acid groups (broad SMARTS) is 1. The van der Waals surface area contributed by atoms with E-state index < -0.39 is 5.97 Å². The van der Waals surface area contributed by atoms with Gasteiger partial charge >= 0.3 is 5.97 Å². The minimum atomic E-state index is -0.756. The zero-order valence-electron chi connectivity index (χ0n) is 8.71. The van der Waals surface area contributed by atoms with Crippen molar-refractivity contribution in [1.29, 1.82) is 0 Å². The molecule has 0 bridgehead atoms. The van der Waals surface area contributed by atoms with Crippen molar-refractivity contribution in [1.82, 2.24) is 4.90 Å². The Labute approximate surface area is 80.0 Å². The molecule has 1 atom stereocenters. The average molecular weight is 185 g/mol. The standard InChI is InChI=1S/C10H19NO2/c1-5-8(3)7-11(4)9(6-2)10(12)13/h9H,3,5-7H2,1-2,4H3,(H,12,13). The average Bonchev–Trinajstić information content (AvgIpc) is 2.04. The molecule has 1 N–H and O–H groups in total. The Balaban J connectivity index is 4.13. The lowest BCUT2D eigenvalue weighted by Crippen LogP contribution is -2.38. The van der Waals surface area contributed by atoms with Crippen LogP contribution in [0.15, 0.2) is 12.2 Å². The van der Waals surface area contributed by atoms with E-state index in [0.717, 1.165) is 12.0 Å². The van der Waals surface area contributed by atoms with Crippen LogP contribution in [-0.2, 0) is 4.79 Å². The maximum atomic E-state index is 10.8. The van der Waals surface area contributed by atoms with E-state index in [-0.39, 0.29) is 6.04 Å². The van der Waals surface area contributed by atoms with Crippen LogP contribution < -0.4 is 0 Å². The first-order chi connectivity index (χ1) is 6.02. The smallest absolute Gasteiger partial charge is 0.320 e. The van der Waals surface area contributed by atoms with Crippen LogP contribution >= 0.6 is 0 Å². The van der Waals surface area contributed by atoms with Crippen molar-refractivity contribution in [3.8, 4) is 0 Å². The quantitative estimate of drug-likeness (QED) is 0.641. The minimum absolute atomic E-state index is 0.386. The van der Waals surface area contributed by atoms with Crippen LogP contribution in [0.2, 0.25) is 0 Å². The molecule has 0 heterocycles. The number of likely N-dealkylation sites (N-methyl/N-ethyl adjacent to an activating group) is 1. The summed E-state index contributed by atoms with van der Waals surface area (Å²) in [5.41, 5.74) is 1.07. The topological polar surface area (TPSA) is 40.5 Å². The highest BCUT2D eigenvalue weighted by Crippen LogP contribution is 2.06. The van der Waals surface area contributed by atoms with Gasteiger partial charge in [-0.15, -0.1) is 0 Å². The van der Waals surface area contributed by atoms with E-state index in [1.54, 1.807) is 0 Å². The second-order valence-electron chi connectivity index (χ2n) is 3.28. The molecule has 1 unspecified atom stereocenters. The summed E-state index contributed by atoms with van der Waals surface area (Å²) in [6.07, 6.45) is 1.53. The number of rotatable bonds is 6. The molecule has 0 saturated carbocycles. The molecule has 76 valence electrons. The van der Waals surface area contributed by atoms with Crippen LogP contribution in [0, 0.1) is 0 Å². The van der Waals surface area contributed by atoms with Crippen LogP contribution in [0.4, 0.5) is 0 Å². The second kappa shape index (κ2) is 5.75. The first-order valence-electron chi connectivity index (χ1n) is 4.62. The third kappa shape index (κ3) is 4.08. The maximum absolute atomic E-state index is 10.8. The number of hydrogen-bond donors (Lipinski definition) is 1. The molecule has 0 radical (unpaired) electrons. The predicted molar refractivity (Wildman–Crippen MR) is 53.8 cm³/mol. The second-order valence-corrected chi connectivity index (χ2v) is 3.28. The summed E-state index contributed by atoms with van der Waals surface area (Å²) in [6.45, 7) is 8.43. The van der Waals surface area contributed by atoms with Gasteiger partial charge in [-0.25, -0.2) is 0 Å². The van der Waals surface area contributed by atoms with Crippen molar-refractivity contribution in [3.63, 3.8) is 0 Å². The van der Waals surface area contributed by atoms with Gasteiger partial charge in [0.05, 0.1) is 0 Å². The molecule has 0 rings (SSSR count). The van der Waals surface area contributed by atoms with E-state index >= 15 is 0 Å². The lowest BCUT2D eigenvalue weighted by atomic mass is 10.1. The van der Waals surface area contributed by atoms with E-state index in [9.17, 15) is 4.79 Å². The molecule has 0 amide bonds. The Hall–Kier alpha value is -0.830. The Morgan fingerprint density at radius 3 is 2.38 bits per heavy atom. The van der Waals surface area contributed by atoms with Gasteiger partial charge in [0.2, 0.25) is 0 Å². The van der Waals surface area contributed by atoms with Crippen LogP contribution in [-0.4, -0.2) is 35.6 Å². The van der Waals surface area contributed by atoms with Crippen molar-refractivity contribution in [2.75, 3.05) is 13.6 Å². The fourth-order valence-corrected chi connectivity index (χ4v) is 1.25. The summed E-state index contributed by atoms with van der Waals surface area (Å²) < 4.78 is 0. The molecule has 0 aliphatic rings. The van der Waals surface area contributed by atoms with E-state index in [0.29, 0.717) is 13.0 Å². The third-order valence-electron chi connectivity index (χ3n) is 2.18. The largest absolute Gasteiger partial charge is 0.480 e. The molecule has 0 aromatic rings. The Morgan fingerprint density at radius 1 is 1.54 bits per heavy atom. The summed E-state index contributed by atoms with van der Waals surface area (Å²) in [5.74, 6) is -0.756. The first kappa shape index (κ1) is 12.2. The van der Waals surface area contributed by atoms with Gasteiger partial charge in [-0.1, -0.05) is 26.0 Å². The van der Waals surface area contributed by atoms with Gasteiger partial charge in [0, 0.05) is 6.54 Å². The van der Waals surface area contributed by atoms with E-state index in [4.69, 9.17) is 5.11 Å². The van der Waals surface area contributed by atoms with Crippen LogP contribution in [0.3, 0.4) is 0 Å². The summed E-state index contributed by atoms with van der Waals surface area (Å²) in [4.78, 5) is 12.6. The lowest BCUT2D eigenvalue weighted by molar-refractivity contribution is -0.142. The minimum Gasteiger partial charge on any atom is -0.480 e. The van der Waals surface area contributed by atoms with Gasteiger partial charge in [0.25, 0.3) is 0 Å². The van der Waals surface area contributed by atoms with Crippen LogP contribution in [0.1, 0.15) is 26.7 Å². The number of carbonyl (C=O) groups is 1. The maximum Gasteiger partial charge on any atom is 0.320 e. The van der Waals surface area contributed by atoms with E-state index in [1.807, 2.05) is 25.8 Å². The van der Waals surface area contributed by atoms with Gasteiger partial charge in [-0.2, -0.15) is 0 Å². The summed E-state index contributed by atoms with van der Waals surface area (Å²) in [6, 6.07) is -0.386. The molecule has 0 spiro atoms. The number of aliphatic carboxylic acids is 1. The number of carboxylic acids is 1. The molecular weight excluding hydrogens is 166 g/mol. The highest BCUT2D eigenvalue weighted by Gasteiger charge is 2.19. The Morgan fingerprint density at radius 2 is 2.08 bits per heavy atom. The first-order valence-corrected chi connectivity index (χ1v) is 4.62. The predicted octanol–water partition coefficient (Wildman–Crippen LogP) is 1.75. The van der Waals surface area contributed by atoms with E-state index in [1.165, 1.54) is 0 Å². The fourth-order valence-electron chi connectivity index (χ4n) is 1.25. The zero-order chi connectivity index (χ0) is 10.4. The summed E-state index contributed by atoms with van der Waals surface area (Å²) >= 11 is 0. The monoisotopic (exact) mass is 185 g/mol. The molecule has 3 heteroatoms. The van der Waals surface area contributed by atoms with Gasteiger partial charge in [0.1, 0.15) is 6.04 Å². The molecular formula is C10H19NO2. The Kier molecular flexibility index (Phi) is 5.39. The lowest BCUT2D eigenvalue weighted by Gasteiger charge is -2.23. The number of nitrogens with zero attached hydrogens (tertiary/aromatic N) is 1. The van der Waals surface area contributed by atoms with Crippen molar-refractivity contribution in [2.24, 2.45) is 0 Å². The fraction of sp³-hybridized carbons (Fsp3) is 0.700. The molecule has 0 fully saturated rings. The van der Waals surface area contributed by atoms with Crippen LogP contribution in [0.5, 0.6) is 0 Å². The van der Waals surface area contributed by atoms with Gasteiger partial charge in [-0.05, 0) is 19.9 Å². The summed E-state index contributed by atoms with van der Waals surface area (Å²) in [7, 11) is 1.82. The van der Waals surface area contributed by atoms with Crippen molar-refractivity contribution in [2.45, 2.75) is 32.7 Å². The van der Waals surface area contributed by atoms with Crippen molar-refractivity contribution >= 4 is 5.97 Å². The van der Waals surface area contributed by atoms with Crippen molar-refractivity contribution in [3.05, 3.63) is 12.2 Å². The van der Waals surface area contributed by atoms with Crippen LogP contribution in [0.25, 0.3) is 0 Å². The molecule has 0 aromatic heterocycles. The van der Waals surface area contributed by atoms with Gasteiger partial charge in [-0.3, -0.25) is 9.69 Å². The number of hydrogen-bond acceptors (Lipinski definition) is 2. The molecule has 3 nitrogen and oxygen atoms in total. The normalized spacial score (nSPS) is 12.9. The molecule has 0 saturated heterocycles. The van der Waals surface area contributed by atoms with E-state index in [2.05, 4.69) is 6.58 Å². The van der Waals surface area contributed by atoms with Gasteiger partial charge in [0.15, 0.2) is 0 Å².